The van der Waals surface area contributed by atoms with Crippen LogP contribution >= 0.6 is 0 Å². The third kappa shape index (κ3) is 5.49. The molecule has 0 spiro atoms. The number of rotatable bonds is 8. The molecule has 0 saturated carbocycles. The van der Waals surface area contributed by atoms with Crippen molar-refractivity contribution in [3.8, 4) is 17.2 Å². The first-order chi connectivity index (χ1) is 14.6. The lowest BCUT2D eigenvalue weighted by atomic mass is 10.1. The normalized spacial score (nSPS) is 14.5. The van der Waals surface area contributed by atoms with E-state index in [4.69, 9.17) is 18.9 Å². The van der Waals surface area contributed by atoms with Crippen LogP contribution in [0.15, 0.2) is 41.5 Å². The van der Waals surface area contributed by atoms with Crippen molar-refractivity contribution in [3.63, 3.8) is 0 Å². The third-order valence-electron chi connectivity index (χ3n) is 4.79. The molecule has 0 aliphatic carbocycles. The van der Waals surface area contributed by atoms with Gasteiger partial charge in [-0.3, -0.25) is 9.69 Å². The van der Waals surface area contributed by atoms with Crippen molar-refractivity contribution in [3.05, 3.63) is 53.1 Å². The fourth-order valence-corrected chi connectivity index (χ4v) is 3.18. The van der Waals surface area contributed by atoms with E-state index < -0.39 is 0 Å². The van der Waals surface area contributed by atoms with Crippen LogP contribution in [-0.2, 0) is 11.3 Å². The maximum Gasteiger partial charge on any atom is 0.271 e. The van der Waals surface area contributed by atoms with E-state index in [1.807, 2.05) is 12.1 Å². The summed E-state index contributed by atoms with van der Waals surface area (Å²) < 4.78 is 21.3. The van der Waals surface area contributed by atoms with Crippen LogP contribution in [0.25, 0.3) is 0 Å². The molecule has 1 N–H and O–H groups in total. The van der Waals surface area contributed by atoms with Crippen LogP contribution in [0.1, 0.15) is 21.5 Å². The predicted octanol–water partition coefficient (Wildman–Crippen LogP) is 2.31. The number of nitrogens with zero attached hydrogens (tertiary/aromatic N) is 2. The van der Waals surface area contributed by atoms with Gasteiger partial charge in [0, 0.05) is 30.8 Å². The van der Waals surface area contributed by atoms with Crippen molar-refractivity contribution in [2.24, 2.45) is 5.10 Å². The number of carbonyl (C=O) groups is 1. The van der Waals surface area contributed by atoms with Crippen LogP contribution in [0.3, 0.4) is 0 Å². The average molecular weight is 413 g/mol. The first-order valence-electron chi connectivity index (χ1n) is 9.67. The lowest BCUT2D eigenvalue weighted by Gasteiger charge is -2.26. The number of benzene rings is 2. The van der Waals surface area contributed by atoms with Gasteiger partial charge in [-0.15, -0.1) is 0 Å². The van der Waals surface area contributed by atoms with E-state index in [1.54, 1.807) is 45.6 Å². The van der Waals surface area contributed by atoms with Crippen LogP contribution in [0.4, 0.5) is 0 Å². The van der Waals surface area contributed by atoms with E-state index in [-0.39, 0.29) is 5.91 Å². The molecule has 1 aliphatic rings. The van der Waals surface area contributed by atoms with Crippen molar-refractivity contribution >= 4 is 12.1 Å². The lowest BCUT2D eigenvalue weighted by Crippen LogP contribution is -2.35. The molecule has 2 aromatic carbocycles. The van der Waals surface area contributed by atoms with Crippen LogP contribution < -0.4 is 19.6 Å². The molecule has 0 bridgehead atoms. The minimum absolute atomic E-state index is 0.281. The maximum absolute atomic E-state index is 12.4. The van der Waals surface area contributed by atoms with Gasteiger partial charge in [0.2, 0.25) is 5.75 Å². The van der Waals surface area contributed by atoms with Crippen molar-refractivity contribution in [2.45, 2.75) is 6.54 Å². The van der Waals surface area contributed by atoms with Gasteiger partial charge >= 0.3 is 0 Å². The van der Waals surface area contributed by atoms with E-state index >= 15 is 0 Å². The predicted molar refractivity (Wildman–Crippen MR) is 114 cm³/mol. The summed E-state index contributed by atoms with van der Waals surface area (Å²) in [6, 6.07) is 11.0. The Balaban J connectivity index is 1.60. The van der Waals surface area contributed by atoms with Gasteiger partial charge in [-0.25, -0.2) is 5.43 Å². The maximum atomic E-state index is 12.4. The highest BCUT2D eigenvalue weighted by atomic mass is 16.5. The monoisotopic (exact) mass is 413 g/mol. The molecule has 1 aliphatic heterocycles. The molecular formula is C22H27N3O5. The second-order valence-electron chi connectivity index (χ2n) is 6.74. The fraction of sp³-hybridized carbons (Fsp3) is 0.364. The van der Waals surface area contributed by atoms with E-state index in [0.717, 1.165) is 38.4 Å². The number of morpholine rings is 1. The zero-order valence-corrected chi connectivity index (χ0v) is 17.5. The topological polar surface area (TPSA) is 81.6 Å². The summed E-state index contributed by atoms with van der Waals surface area (Å²) in [6.45, 7) is 4.25. The molecule has 8 heteroatoms. The number of hydrogen-bond acceptors (Lipinski definition) is 7. The third-order valence-corrected chi connectivity index (χ3v) is 4.79. The number of amides is 1. The first kappa shape index (κ1) is 21.6. The Morgan fingerprint density at radius 2 is 1.70 bits per heavy atom. The fourth-order valence-electron chi connectivity index (χ4n) is 3.18. The largest absolute Gasteiger partial charge is 0.493 e. The van der Waals surface area contributed by atoms with Crippen LogP contribution in [0.5, 0.6) is 17.2 Å². The second kappa shape index (κ2) is 10.6. The zero-order chi connectivity index (χ0) is 21.3. The second-order valence-corrected chi connectivity index (χ2v) is 6.74. The number of ether oxygens (including phenoxy) is 4. The van der Waals surface area contributed by atoms with Gasteiger partial charge in [0.1, 0.15) is 0 Å². The Morgan fingerprint density at radius 3 is 2.27 bits per heavy atom. The van der Waals surface area contributed by atoms with Gasteiger partial charge in [0.05, 0.1) is 40.8 Å². The van der Waals surface area contributed by atoms with E-state index in [0.29, 0.717) is 28.4 Å². The summed E-state index contributed by atoms with van der Waals surface area (Å²) in [5.41, 5.74) is 4.95. The number of nitrogens with one attached hydrogen (secondary N) is 1. The van der Waals surface area contributed by atoms with Gasteiger partial charge in [0.15, 0.2) is 11.5 Å². The van der Waals surface area contributed by atoms with Gasteiger partial charge in [0.25, 0.3) is 5.91 Å². The Hall–Kier alpha value is -3.10. The van der Waals surface area contributed by atoms with E-state index in [1.165, 1.54) is 6.21 Å². The molecule has 0 atom stereocenters. The molecule has 30 heavy (non-hydrogen) atoms. The van der Waals surface area contributed by atoms with Gasteiger partial charge < -0.3 is 18.9 Å². The highest BCUT2D eigenvalue weighted by molar-refractivity contribution is 5.95. The van der Waals surface area contributed by atoms with Crippen molar-refractivity contribution in [1.82, 2.24) is 10.3 Å². The molecule has 8 nitrogen and oxygen atoms in total. The quantitative estimate of drug-likeness (QED) is 0.528. The van der Waals surface area contributed by atoms with Crippen LogP contribution in [0, 0.1) is 0 Å². The highest BCUT2D eigenvalue weighted by Gasteiger charge is 2.13. The number of hydrogen-bond donors (Lipinski definition) is 1. The SMILES string of the molecule is COc1cc(/C=N\NC(=O)c2ccc(CN3CCOCC3)cc2)cc(OC)c1OC. The smallest absolute Gasteiger partial charge is 0.271 e. The molecule has 0 aromatic heterocycles. The summed E-state index contributed by atoms with van der Waals surface area (Å²) in [6.07, 6.45) is 1.52. The highest BCUT2D eigenvalue weighted by Crippen LogP contribution is 2.37. The Kier molecular flexibility index (Phi) is 7.64. The molecule has 1 amide bonds. The van der Waals surface area contributed by atoms with Crippen molar-refractivity contribution < 1.29 is 23.7 Å². The van der Waals surface area contributed by atoms with Crippen LogP contribution in [-0.4, -0.2) is 64.7 Å². The Labute approximate surface area is 176 Å². The summed E-state index contributed by atoms with van der Waals surface area (Å²) in [5, 5.41) is 4.04. The Morgan fingerprint density at radius 1 is 1.07 bits per heavy atom. The van der Waals surface area contributed by atoms with Crippen molar-refractivity contribution in [1.29, 1.82) is 0 Å². The Bertz CT molecular complexity index is 852. The summed E-state index contributed by atoms with van der Waals surface area (Å²) in [4.78, 5) is 14.7. The summed E-state index contributed by atoms with van der Waals surface area (Å²) in [5.74, 6) is 1.25. The van der Waals surface area contributed by atoms with Crippen LogP contribution in [0.2, 0.25) is 0 Å². The molecule has 1 heterocycles. The van der Waals surface area contributed by atoms with E-state index in [2.05, 4.69) is 15.4 Å². The summed E-state index contributed by atoms with van der Waals surface area (Å²) >= 11 is 0. The molecule has 0 radical (unpaired) electrons. The number of carbonyl (C=O) groups excluding carboxylic acids is 1. The number of hydrazone groups is 1. The number of methoxy groups -OCH3 is 3. The average Bonchev–Trinajstić information content (AvgIpc) is 2.79. The van der Waals surface area contributed by atoms with Gasteiger partial charge in [-0.2, -0.15) is 5.10 Å². The zero-order valence-electron chi connectivity index (χ0n) is 17.5. The molecule has 2 aromatic rings. The van der Waals surface area contributed by atoms with Crippen molar-refractivity contribution in [2.75, 3.05) is 47.6 Å². The lowest BCUT2D eigenvalue weighted by molar-refractivity contribution is 0.0342. The minimum atomic E-state index is -0.281. The summed E-state index contributed by atoms with van der Waals surface area (Å²) in [7, 11) is 4.63. The van der Waals surface area contributed by atoms with Gasteiger partial charge in [-0.1, -0.05) is 12.1 Å². The molecule has 0 unspecified atom stereocenters. The first-order valence-corrected chi connectivity index (χ1v) is 9.67. The molecule has 3 rings (SSSR count). The van der Waals surface area contributed by atoms with Gasteiger partial charge in [-0.05, 0) is 29.8 Å². The molecule has 1 saturated heterocycles. The standard InChI is InChI=1S/C22H27N3O5/c1-27-19-12-17(13-20(28-2)21(19)29-3)14-23-24-22(26)18-6-4-16(5-7-18)15-25-8-10-30-11-9-25/h4-7,12-14H,8-11,15H2,1-3H3,(H,24,26)/b23-14-. The molecule has 160 valence electrons. The minimum Gasteiger partial charge on any atom is -0.493 e. The molecule has 1 fully saturated rings. The molecular weight excluding hydrogens is 386 g/mol. The van der Waals surface area contributed by atoms with E-state index in [9.17, 15) is 4.79 Å².